The van der Waals surface area contributed by atoms with Gasteiger partial charge in [0, 0.05) is 18.3 Å². The molecule has 0 saturated heterocycles. The highest BCUT2D eigenvalue weighted by Crippen LogP contribution is 2.08. The van der Waals surface area contributed by atoms with E-state index in [0.29, 0.717) is 5.69 Å². The number of hydrogen-bond donors (Lipinski definition) is 2. The summed E-state index contributed by atoms with van der Waals surface area (Å²) in [4.78, 5) is 29.3. The van der Waals surface area contributed by atoms with Crippen molar-refractivity contribution in [1.29, 1.82) is 0 Å². The molecule has 100 valence electrons. The Hall–Kier alpha value is -1.89. The molecule has 0 bridgehead atoms. The second kappa shape index (κ2) is 5.63. The maximum atomic E-state index is 11.5. The van der Waals surface area contributed by atoms with Gasteiger partial charge in [-0.2, -0.15) is 0 Å². The van der Waals surface area contributed by atoms with Crippen molar-refractivity contribution >= 4 is 12.1 Å². The van der Waals surface area contributed by atoms with Crippen molar-refractivity contribution in [2.45, 2.75) is 38.8 Å². The third-order valence-electron chi connectivity index (χ3n) is 1.87. The summed E-state index contributed by atoms with van der Waals surface area (Å²) in [6.45, 7) is 5.01. The van der Waals surface area contributed by atoms with Gasteiger partial charge in [0.2, 0.25) is 0 Å². The van der Waals surface area contributed by atoms with Crippen molar-refractivity contribution in [3.05, 3.63) is 18.2 Å². The van der Waals surface area contributed by atoms with Gasteiger partial charge in [-0.05, 0) is 20.8 Å². The number of carbonyl (C=O) groups is 2. The SMILES string of the molecule is CC(C)(C)OC(=O)OC(=O)[C@@H](N)Cc1cnc[nH]1. The zero-order valence-electron chi connectivity index (χ0n) is 10.6. The largest absolute Gasteiger partial charge is 0.516 e. The zero-order chi connectivity index (χ0) is 13.8. The van der Waals surface area contributed by atoms with Crippen LogP contribution in [-0.4, -0.2) is 33.7 Å². The quantitative estimate of drug-likeness (QED) is 0.609. The van der Waals surface area contributed by atoms with Crippen LogP contribution in [0.15, 0.2) is 12.5 Å². The Balaban J connectivity index is 2.43. The molecule has 3 N–H and O–H groups in total. The van der Waals surface area contributed by atoms with Gasteiger partial charge in [0.1, 0.15) is 11.6 Å². The zero-order valence-corrected chi connectivity index (χ0v) is 10.6. The van der Waals surface area contributed by atoms with Gasteiger partial charge in [-0.15, -0.1) is 0 Å². The molecule has 1 heterocycles. The molecule has 1 atom stereocenters. The molecule has 0 spiro atoms. The Morgan fingerprint density at radius 1 is 1.50 bits per heavy atom. The van der Waals surface area contributed by atoms with Crippen molar-refractivity contribution in [3.63, 3.8) is 0 Å². The minimum atomic E-state index is -1.05. The fraction of sp³-hybridized carbons (Fsp3) is 0.545. The first-order valence-electron chi connectivity index (χ1n) is 5.45. The van der Waals surface area contributed by atoms with Crippen LogP contribution in [0.1, 0.15) is 26.5 Å². The van der Waals surface area contributed by atoms with Gasteiger partial charge in [-0.25, -0.2) is 14.6 Å². The van der Waals surface area contributed by atoms with Gasteiger partial charge in [0.05, 0.1) is 6.33 Å². The van der Waals surface area contributed by atoms with Gasteiger partial charge in [0.25, 0.3) is 0 Å². The maximum Gasteiger partial charge on any atom is 0.516 e. The molecule has 1 rings (SSSR count). The van der Waals surface area contributed by atoms with Crippen molar-refractivity contribution < 1.29 is 19.1 Å². The van der Waals surface area contributed by atoms with E-state index in [4.69, 9.17) is 10.5 Å². The molecule has 1 aromatic rings. The number of aromatic amines is 1. The molecule has 0 saturated carbocycles. The van der Waals surface area contributed by atoms with E-state index < -0.39 is 23.8 Å². The predicted molar refractivity (Wildman–Crippen MR) is 62.6 cm³/mol. The second-order valence-corrected chi connectivity index (χ2v) is 4.77. The summed E-state index contributed by atoms with van der Waals surface area (Å²) in [7, 11) is 0. The van der Waals surface area contributed by atoms with E-state index in [1.165, 1.54) is 6.33 Å². The number of nitrogens with zero attached hydrogens (tertiary/aromatic N) is 1. The Kier molecular flexibility index (Phi) is 4.43. The molecule has 0 aromatic carbocycles. The van der Waals surface area contributed by atoms with Crippen LogP contribution in [0, 0.1) is 0 Å². The first-order chi connectivity index (χ1) is 8.28. The second-order valence-electron chi connectivity index (χ2n) is 4.77. The maximum absolute atomic E-state index is 11.5. The van der Waals surface area contributed by atoms with Gasteiger partial charge >= 0.3 is 12.1 Å². The molecule has 0 aliphatic heterocycles. The van der Waals surface area contributed by atoms with Crippen molar-refractivity contribution in [2.24, 2.45) is 5.73 Å². The van der Waals surface area contributed by atoms with Gasteiger partial charge in [-0.1, -0.05) is 0 Å². The van der Waals surface area contributed by atoms with Crippen LogP contribution in [-0.2, 0) is 20.7 Å². The van der Waals surface area contributed by atoms with Crippen LogP contribution >= 0.6 is 0 Å². The van der Waals surface area contributed by atoms with Crippen molar-refractivity contribution in [3.8, 4) is 0 Å². The van der Waals surface area contributed by atoms with Gasteiger partial charge < -0.3 is 20.2 Å². The summed E-state index contributed by atoms with van der Waals surface area (Å²) in [6.07, 6.45) is 2.18. The smallest absolute Gasteiger partial charge is 0.428 e. The summed E-state index contributed by atoms with van der Waals surface area (Å²) in [5.41, 5.74) is 5.56. The Labute approximate surface area is 105 Å². The third kappa shape index (κ3) is 4.96. The molecular weight excluding hydrogens is 238 g/mol. The van der Waals surface area contributed by atoms with Crippen LogP contribution in [0.4, 0.5) is 4.79 Å². The first-order valence-corrected chi connectivity index (χ1v) is 5.45. The lowest BCUT2D eigenvalue weighted by molar-refractivity contribution is -0.142. The van der Waals surface area contributed by atoms with E-state index in [1.807, 2.05) is 0 Å². The number of H-pyrrole nitrogens is 1. The Bertz CT molecular complexity index is 408. The lowest BCUT2D eigenvalue weighted by Gasteiger charge is -2.18. The normalized spacial score (nSPS) is 12.9. The standard InChI is InChI=1S/C11H17N3O4/c1-11(2,3)18-10(16)17-9(15)8(12)4-7-5-13-6-14-7/h5-6,8H,4,12H2,1-3H3,(H,13,14)/t8-/m0/s1. The fourth-order valence-electron chi connectivity index (χ4n) is 1.15. The molecule has 0 aliphatic carbocycles. The molecule has 0 radical (unpaired) electrons. The van der Waals surface area contributed by atoms with Crippen LogP contribution in [0.2, 0.25) is 0 Å². The number of nitrogens with one attached hydrogen (secondary N) is 1. The van der Waals surface area contributed by atoms with E-state index in [1.54, 1.807) is 27.0 Å². The average molecular weight is 255 g/mol. The van der Waals surface area contributed by atoms with Gasteiger partial charge in [0.15, 0.2) is 0 Å². The number of rotatable bonds is 3. The van der Waals surface area contributed by atoms with E-state index >= 15 is 0 Å². The molecule has 0 unspecified atom stereocenters. The Morgan fingerprint density at radius 3 is 2.67 bits per heavy atom. The monoisotopic (exact) mass is 255 g/mol. The summed E-state index contributed by atoms with van der Waals surface area (Å²) < 4.78 is 9.31. The number of esters is 1. The molecule has 7 nitrogen and oxygen atoms in total. The summed E-state index contributed by atoms with van der Waals surface area (Å²) in [6, 6.07) is -0.946. The fourth-order valence-corrected chi connectivity index (χ4v) is 1.15. The third-order valence-corrected chi connectivity index (χ3v) is 1.87. The molecule has 0 amide bonds. The summed E-state index contributed by atoms with van der Waals surface area (Å²) in [5.74, 6) is -0.834. The van der Waals surface area contributed by atoms with Gasteiger partial charge in [-0.3, -0.25) is 0 Å². The molecule has 18 heavy (non-hydrogen) atoms. The van der Waals surface area contributed by atoms with E-state index in [-0.39, 0.29) is 6.42 Å². The van der Waals surface area contributed by atoms with Crippen molar-refractivity contribution in [1.82, 2.24) is 9.97 Å². The highest BCUT2D eigenvalue weighted by Gasteiger charge is 2.24. The van der Waals surface area contributed by atoms with E-state index in [0.717, 1.165) is 0 Å². The lowest BCUT2D eigenvalue weighted by atomic mass is 10.2. The van der Waals surface area contributed by atoms with E-state index in [2.05, 4.69) is 14.7 Å². The van der Waals surface area contributed by atoms with Crippen molar-refractivity contribution in [2.75, 3.05) is 0 Å². The molecule has 0 fully saturated rings. The van der Waals surface area contributed by atoms with Crippen LogP contribution in [0.5, 0.6) is 0 Å². The molecule has 1 aromatic heterocycles. The topological polar surface area (TPSA) is 107 Å². The number of ether oxygens (including phenoxy) is 2. The highest BCUT2D eigenvalue weighted by molar-refractivity contribution is 5.85. The number of carbonyl (C=O) groups excluding carboxylic acids is 2. The summed E-state index contributed by atoms with van der Waals surface area (Å²) >= 11 is 0. The molecule has 0 aliphatic rings. The lowest BCUT2D eigenvalue weighted by Crippen LogP contribution is -2.37. The minimum absolute atomic E-state index is 0.210. The summed E-state index contributed by atoms with van der Waals surface area (Å²) in [5, 5.41) is 0. The molecule has 7 heteroatoms. The number of aromatic nitrogens is 2. The first kappa shape index (κ1) is 14.2. The number of imidazole rings is 1. The molecular formula is C11H17N3O4. The number of hydrogen-bond acceptors (Lipinski definition) is 6. The predicted octanol–water partition coefficient (Wildman–Crippen LogP) is 0.758. The highest BCUT2D eigenvalue weighted by atomic mass is 16.7. The average Bonchev–Trinajstić information content (AvgIpc) is 2.66. The Morgan fingerprint density at radius 2 is 2.17 bits per heavy atom. The van der Waals surface area contributed by atoms with Crippen LogP contribution in [0.3, 0.4) is 0 Å². The van der Waals surface area contributed by atoms with Crippen LogP contribution in [0.25, 0.3) is 0 Å². The van der Waals surface area contributed by atoms with Crippen LogP contribution < -0.4 is 5.73 Å². The minimum Gasteiger partial charge on any atom is -0.428 e. The van der Waals surface area contributed by atoms with E-state index in [9.17, 15) is 9.59 Å². The number of nitrogens with two attached hydrogens (primary N) is 1.